The van der Waals surface area contributed by atoms with Crippen LogP contribution in [-0.4, -0.2) is 29.9 Å². The number of carbonyl (C=O) groups is 1. The Kier molecular flexibility index (Phi) is 6.08. The van der Waals surface area contributed by atoms with E-state index in [0.29, 0.717) is 23.4 Å². The molecule has 0 aliphatic rings. The lowest BCUT2D eigenvalue weighted by atomic mass is 10.2. The second-order valence-electron chi connectivity index (χ2n) is 4.17. The van der Waals surface area contributed by atoms with E-state index in [-0.39, 0.29) is 18.5 Å². The molecule has 1 amide bonds. The number of nitrogens with zero attached hydrogens (tertiary/aromatic N) is 2. The Morgan fingerprint density at radius 3 is 2.89 bits per heavy atom. The van der Waals surface area contributed by atoms with Crippen molar-refractivity contribution in [1.82, 2.24) is 4.90 Å². The Labute approximate surface area is 117 Å². The Hall–Kier alpha value is -1.82. The number of rotatable bonds is 4. The lowest BCUT2D eigenvalue weighted by Gasteiger charge is -2.25. The van der Waals surface area contributed by atoms with E-state index < -0.39 is 0 Å². The van der Waals surface area contributed by atoms with Gasteiger partial charge in [0.2, 0.25) is 0 Å². The maximum absolute atomic E-state index is 12.5. The van der Waals surface area contributed by atoms with E-state index in [9.17, 15) is 4.79 Å². The molecule has 0 radical (unpaired) electrons. The first kappa shape index (κ1) is 15.2. The zero-order valence-electron chi connectivity index (χ0n) is 11.1. The first-order valence-corrected chi connectivity index (χ1v) is 6.94. The molecule has 0 fully saturated rings. The largest absolute Gasteiger partial charge is 0.334 e. The van der Waals surface area contributed by atoms with E-state index in [2.05, 4.69) is 17.9 Å². The highest BCUT2D eigenvalue weighted by atomic mass is 32.1. The third-order valence-corrected chi connectivity index (χ3v) is 3.44. The summed E-state index contributed by atoms with van der Waals surface area (Å²) in [6.07, 6.45) is 0.332. The SMILES string of the molecule is CC(C)N(CCC#N)C(=O)c1sccc1C#CCN. The van der Waals surface area contributed by atoms with Crippen LogP contribution in [0.2, 0.25) is 0 Å². The Bertz CT molecular complexity index is 531. The summed E-state index contributed by atoms with van der Waals surface area (Å²) < 4.78 is 0. The van der Waals surface area contributed by atoms with Gasteiger partial charge in [-0.05, 0) is 25.3 Å². The summed E-state index contributed by atoms with van der Waals surface area (Å²) in [5, 5.41) is 10.5. The van der Waals surface area contributed by atoms with Crippen molar-refractivity contribution in [3.8, 4) is 17.9 Å². The molecule has 0 spiro atoms. The van der Waals surface area contributed by atoms with E-state index in [0.717, 1.165) is 0 Å². The van der Waals surface area contributed by atoms with Gasteiger partial charge in [0.05, 0.1) is 19.0 Å². The molecule has 0 saturated heterocycles. The second-order valence-corrected chi connectivity index (χ2v) is 5.09. The Morgan fingerprint density at radius 2 is 2.32 bits per heavy atom. The van der Waals surface area contributed by atoms with Gasteiger partial charge in [-0.25, -0.2) is 0 Å². The van der Waals surface area contributed by atoms with Gasteiger partial charge >= 0.3 is 0 Å². The van der Waals surface area contributed by atoms with Gasteiger partial charge in [0.25, 0.3) is 5.91 Å². The monoisotopic (exact) mass is 275 g/mol. The van der Waals surface area contributed by atoms with Crippen LogP contribution in [0.1, 0.15) is 35.5 Å². The molecule has 0 atom stereocenters. The van der Waals surface area contributed by atoms with Crippen molar-refractivity contribution in [2.24, 2.45) is 5.73 Å². The van der Waals surface area contributed by atoms with Crippen LogP contribution in [0.5, 0.6) is 0 Å². The molecule has 0 saturated carbocycles. The number of nitrogens with two attached hydrogens (primary N) is 1. The van der Waals surface area contributed by atoms with Crippen molar-refractivity contribution in [2.75, 3.05) is 13.1 Å². The maximum Gasteiger partial charge on any atom is 0.265 e. The molecule has 0 bridgehead atoms. The molecule has 0 aliphatic carbocycles. The van der Waals surface area contributed by atoms with Gasteiger partial charge < -0.3 is 10.6 Å². The number of carbonyl (C=O) groups excluding carboxylic acids is 1. The second kappa shape index (κ2) is 7.58. The van der Waals surface area contributed by atoms with Crippen LogP contribution in [-0.2, 0) is 0 Å². The zero-order valence-corrected chi connectivity index (χ0v) is 12.0. The maximum atomic E-state index is 12.5. The smallest absolute Gasteiger partial charge is 0.265 e. The molecule has 4 nitrogen and oxygen atoms in total. The van der Waals surface area contributed by atoms with Gasteiger partial charge in [0.1, 0.15) is 4.88 Å². The highest BCUT2D eigenvalue weighted by molar-refractivity contribution is 7.12. The van der Waals surface area contributed by atoms with E-state index in [4.69, 9.17) is 11.0 Å². The first-order valence-electron chi connectivity index (χ1n) is 6.06. The molecular weight excluding hydrogens is 258 g/mol. The standard InChI is InChI=1S/C14H17N3OS/c1-11(2)17(9-4-8-16)14(18)13-12(5-3-7-15)6-10-19-13/h6,10-11H,4,7,9,15H2,1-2H3. The molecule has 1 aromatic rings. The van der Waals surface area contributed by atoms with Gasteiger partial charge in [-0.2, -0.15) is 5.26 Å². The molecule has 5 heteroatoms. The fraction of sp³-hybridized carbons (Fsp3) is 0.429. The van der Waals surface area contributed by atoms with Crippen molar-refractivity contribution in [3.05, 3.63) is 21.9 Å². The summed E-state index contributed by atoms with van der Waals surface area (Å²) in [5.74, 6) is 5.60. The van der Waals surface area contributed by atoms with E-state index in [1.54, 1.807) is 4.90 Å². The summed E-state index contributed by atoms with van der Waals surface area (Å²) in [7, 11) is 0. The van der Waals surface area contributed by atoms with Crippen molar-refractivity contribution in [2.45, 2.75) is 26.3 Å². The van der Waals surface area contributed by atoms with E-state index >= 15 is 0 Å². The molecule has 1 heterocycles. The molecule has 1 aromatic heterocycles. The number of hydrogen-bond donors (Lipinski definition) is 1. The topological polar surface area (TPSA) is 70.1 Å². The summed E-state index contributed by atoms with van der Waals surface area (Å²) in [4.78, 5) is 14.8. The van der Waals surface area contributed by atoms with Crippen LogP contribution < -0.4 is 5.73 Å². The quantitative estimate of drug-likeness (QED) is 0.852. The Morgan fingerprint density at radius 1 is 1.58 bits per heavy atom. The summed E-state index contributed by atoms with van der Waals surface area (Å²) >= 11 is 1.37. The number of hydrogen-bond acceptors (Lipinski definition) is 4. The van der Waals surface area contributed by atoms with E-state index in [1.807, 2.05) is 25.3 Å². The minimum Gasteiger partial charge on any atom is -0.334 e. The van der Waals surface area contributed by atoms with Crippen molar-refractivity contribution < 1.29 is 4.79 Å². The zero-order chi connectivity index (χ0) is 14.3. The van der Waals surface area contributed by atoms with E-state index in [1.165, 1.54) is 11.3 Å². The highest BCUT2D eigenvalue weighted by Crippen LogP contribution is 2.19. The lowest BCUT2D eigenvalue weighted by molar-refractivity contribution is 0.0715. The first-order chi connectivity index (χ1) is 9.11. The summed E-state index contributed by atoms with van der Waals surface area (Å²) in [6, 6.07) is 3.94. The minimum absolute atomic E-state index is 0.0540. The van der Waals surface area contributed by atoms with Crippen LogP contribution >= 0.6 is 11.3 Å². The number of amides is 1. The molecule has 100 valence electrons. The highest BCUT2D eigenvalue weighted by Gasteiger charge is 2.21. The third-order valence-electron chi connectivity index (χ3n) is 2.53. The number of nitriles is 1. The summed E-state index contributed by atoms with van der Waals surface area (Å²) in [5.41, 5.74) is 6.05. The molecule has 2 N–H and O–H groups in total. The normalized spacial score (nSPS) is 9.63. The fourth-order valence-corrected chi connectivity index (χ4v) is 2.42. The molecule has 1 rings (SSSR count). The van der Waals surface area contributed by atoms with Gasteiger partial charge in [0, 0.05) is 18.2 Å². The van der Waals surface area contributed by atoms with Crippen molar-refractivity contribution in [3.63, 3.8) is 0 Å². The van der Waals surface area contributed by atoms with Crippen molar-refractivity contribution >= 4 is 17.2 Å². The van der Waals surface area contributed by atoms with Gasteiger partial charge in [-0.3, -0.25) is 4.79 Å². The van der Waals surface area contributed by atoms with Crippen LogP contribution in [0, 0.1) is 23.2 Å². The van der Waals surface area contributed by atoms with Gasteiger partial charge in [-0.1, -0.05) is 11.8 Å². The average Bonchev–Trinajstić information content (AvgIpc) is 2.84. The predicted octanol–water partition coefficient (Wildman–Crippen LogP) is 1.82. The third kappa shape index (κ3) is 4.10. The van der Waals surface area contributed by atoms with Crippen LogP contribution in [0.4, 0.5) is 0 Å². The van der Waals surface area contributed by atoms with Crippen molar-refractivity contribution in [1.29, 1.82) is 5.26 Å². The van der Waals surface area contributed by atoms with Gasteiger partial charge in [0.15, 0.2) is 0 Å². The molecular formula is C14H17N3OS. The van der Waals surface area contributed by atoms with Crippen LogP contribution in [0.25, 0.3) is 0 Å². The van der Waals surface area contributed by atoms with Gasteiger partial charge in [-0.15, -0.1) is 11.3 Å². The molecule has 0 aromatic carbocycles. The fourth-order valence-electron chi connectivity index (χ4n) is 1.61. The lowest BCUT2D eigenvalue weighted by Crippen LogP contribution is -2.37. The Balaban J connectivity index is 2.97. The van der Waals surface area contributed by atoms with Crippen LogP contribution in [0.3, 0.4) is 0 Å². The predicted molar refractivity (Wildman–Crippen MR) is 76.7 cm³/mol. The molecule has 0 unspecified atom stereocenters. The number of thiophene rings is 1. The molecule has 19 heavy (non-hydrogen) atoms. The van der Waals surface area contributed by atoms with Crippen LogP contribution in [0.15, 0.2) is 11.4 Å². The minimum atomic E-state index is -0.0680. The summed E-state index contributed by atoms with van der Waals surface area (Å²) in [6.45, 7) is 4.59. The molecule has 0 aliphatic heterocycles. The average molecular weight is 275 g/mol.